The zero-order chi connectivity index (χ0) is 46.1. The Morgan fingerprint density at radius 3 is 0.455 bits per heavy atom. The van der Waals surface area contributed by atoms with Crippen molar-refractivity contribution in [1.29, 1.82) is 0 Å². The van der Waals surface area contributed by atoms with E-state index in [1.54, 1.807) is 68.0 Å². The van der Waals surface area contributed by atoms with E-state index in [1.807, 2.05) is 0 Å². The van der Waals surface area contributed by atoms with Crippen LogP contribution in [0.2, 0.25) is 0 Å². The van der Waals surface area contributed by atoms with Crippen LogP contribution >= 0.6 is 68.0 Å². The molecule has 0 amide bonds. The number of hydrogen-bond donors (Lipinski definition) is 0. The molecule has 0 fully saturated rings. The van der Waals surface area contributed by atoms with E-state index in [-0.39, 0.29) is 0 Å². The summed E-state index contributed by atoms with van der Waals surface area (Å²) >= 11 is 10.1. The Morgan fingerprint density at radius 2 is 0.348 bits per heavy atom. The lowest BCUT2D eigenvalue weighted by Gasteiger charge is -2.12. The normalized spacial score (nSPS) is 11.0. The van der Waals surface area contributed by atoms with Crippen LogP contribution in [0.5, 0.6) is 34.5 Å². The third kappa shape index (κ3) is 12.5. The number of rotatable bonds is 18. The number of hydrogen-bond acceptors (Lipinski definition) is 12. The fourth-order valence-corrected chi connectivity index (χ4v) is 13.4. The second-order valence-corrected chi connectivity index (χ2v) is 21.7. The Labute approximate surface area is 413 Å². The van der Waals surface area contributed by atoms with Gasteiger partial charge in [0.05, 0.1) is 96.0 Å². The molecule has 0 saturated heterocycles. The van der Waals surface area contributed by atoms with Gasteiger partial charge in [-0.2, -0.15) is 0 Å². The molecule has 348 valence electrons. The van der Waals surface area contributed by atoms with E-state index in [0.29, 0.717) is 39.6 Å². The third-order valence-corrected chi connectivity index (χ3v) is 16.2. The smallest absolute Gasteiger partial charge is 0.153 e. The largest absolute Gasteiger partial charge is 0.491 e. The molecule has 1 heterocycles. The molecule has 0 saturated carbocycles. The van der Waals surface area contributed by atoms with Crippen LogP contribution in [0.1, 0.15) is 80.1 Å². The summed E-state index contributed by atoms with van der Waals surface area (Å²) in [6, 6.07) is 38.6. The first kappa shape index (κ1) is 49.3. The van der Waals surface area contributed by atoms with E-state index in [1.165, 1.54) is 0 Å². The average molecular weight is 997 g/mol. The molecule has 0 radical (unpaired) electrons. The molecule has 0 unspecified atom stereocenters. The van der Waals surface area contributed by atoms with Gasteiger partial charge >= 0.3 is 0 Å². The lowest BCUT2D eigenvalue weighted by molar-refractivity contribution is 0.325. The molecule has 6 nitrogen and oxygen atoms in total. The van der Waals surface area contributed by atoms with Crippen molar-refractivity contribution in [2.45, 2.75) is 80.1 Å². The monoisotopic (exact) mass is 996 g/mol. The summed E-state index contributed by atoms with van der Waals surface area (Å²) in [5.74, 6) is 5.13. The molecule has 0 aliphatic heterocycles. The van der Waals surface area contributed by atoms with Crippen molar-refractivity contribution in [2.24, 2.45) is 0 Å². The van der Waals surface area contributed by atoms with Gasteiger partial charge in [0, 0.05) is 0 Å². The zero-order valence-corrected chi connectivity index (χ0v) is 43.7. The van der Waals surface area contributed by atoms with Gasteiger partial charge in [0.25, 0.3) is 0 Å². The van der Waals surface area contributed by atoms with Gasteiger partial charge in [0.1, 0.15) is 0 Å². The molecule has 66 heavy (non-hydrogen) atoms. The molecule has 12 bridgehead atoms. The van der Waals surface area contributed by atoms with Crippen molar-refractivity contribution in [3.05, 3.63) is 109 Å². The van der Waals surface area contributed by atoms with Crippen LogP contribution < -0.4 is 28.4 Å². The Bertz CT molecular complexity index is 2330. The minimum atomic E-state index is 0.592. The highest BCUT2D eigenvalue weighted by Gasteiger charge is 2.13. The predicted molar refractivity (Wildman–Crippen MR) is 293 cm³/mol. The molecule has 0 N–H and O–H groups in total. The average Bonchev–Trinajstić information content (AvgIpc) is 3.32. The van der Waals surface area contributed by atoms with E-state index >= 15 is 0 Å². The van der Waals surface area contributed by atoms with Crippen LogP contribution in [0.4, 0.5) is 0 Å². The van der Waals surface area contributed by atoms with Crippen molar-refractivity contribution >= 4 is 124 Å². The first-order valence-electron chi connectivity index (χ1n) is 23.1. The van der Waals surface area contributed by atoms with E-state index in [0.717, 1.165) is 129 Å². The Balaban J connectivity index is 1.72. The van der Waals surface area contributed by atoms with Crippen LogP contribution in [-0.4, -0.2) is 39.6 Å². The van der Waals surface area contributed by atoms with Crippen molar-refractivity contribution in [2.75, 3.05) is 39.6 Å². The van der Waals surface area contributed by atoms with Gasteiger partial charge in [-0.1, -0.05) is 77.9 Å². The minimum absolute atomic E-state index is 0.592. The van der Waals surface area contributed by atoms with E-state index in [4.69, 9.17) is 28.4 Å². The highest BCUT2D eigenvalue weighted by molar-refractivity contribution is 7.28. The summed E-state index contributed by atoms with van der Waals surface area (Å²) in [5.41, 5.74) is 0. The predicted octanol–water partition coefficient (Wildman–Crippen LogP) is 18.8. The van der Waals surface area contributed by atoms with Crippen LogP contribution in [-0.2, 0) is 0 Å². The fraction of sp³-hybridized carbons (Fsp3) is 0.333. The van der Waals surface area contributed by atoms with Crippen LogP contribution in [0, 0.1) is 0 Å². The Hall–Kier alpha value is -4.56. The molecule has 1 aromatic heterocycles. The first-order valence-corrected chi connectivity index (χ1v) is 28.0. The maximum absolute atomic E-state index is 6.70. The van der Waals surface area contributed by atoms with E-state index < -0.39 is 0 Å². The summed E-state index contributed by atoms with van der Waals surface area (Å²) in [6.45, 7) is 16.4. The van der Waals surface area contributed by atoms with Crippen molar-refractivity contribution in [3.63, 3.8) is 0 Å². The number of fused-ring (bicyclic) bond motifs is 12. The van der Waals surface area contributed by atoms with Gasteiger partial charge in [-0.25, -0.2) is 0 Å². The summed E-state index contributed by atoms with van der Waals surface area (Å²) in [5, 5.41) is 0. The number of ether oxygens (including phenoxy) is 6. The van der Waals surface area contributed by atoms with E-state index in [2.05, 4.69) is 151 Å². The van der Waals surface area contributed by atoms with Gasteiger partial charge < -0.3 is 28.4 Å². The van der Waals surface area contributed by atoms with Gasteiger partial charge in [-0.15, -0.1) is 68.0 Å². The molecular weight excluding hydrogens is 937 g/mol. The lowest BCUT2D eigenvalue weighted by Crippen LogP contribution is -1.96. The quantitative estimate of drug-likeness (QED) is 0.0854. The molecule has 0 spiro atoms. The lowest BCUT2D eigenvalue weighted by atomic mass is 10.3. The third-order valence-electron chi connectivity index (χ3n) is 9.68. The Morgan fingerprint density at radius 1 is 0.227 bits per heavy atom. The second-order valence-electron chi connectivity index (χ2n) is 15.2. The number of para-hydroxylation sites is 6. The molecule has 7 aromatic rings. The van der Waals surface area contributed by atoms with Crippen molar-refractivity contribution in [3.8, 4) is 34.5 Å². The SMILES string of the molecule is CCCOc1c2cccc1sc1cccc(sc3cccc(sc4cccc(sc5cccc(sc6cccc(s2)c6OCCC)c5OCCC)c4OCCC)c3OCCC)c1OCCC. The van der Waals surface area contributed by atoms with Crippen molar-refractivity contribution in [1.82, 2.24) is 0 Å². The summed E-state index contributed by atoms with van der Waals surface area (Å²) in [7, 11) is 0. The molecule has 12 heteroatoms. The first-order chi connectivity index (χ1) is 32.5. The molecule has 6 aromatic carbocycles. The topological polar surface area (TPSA) is 55.4 Å². The molecule has 7 rings (SSSR count). The van der Waals surface area contributed by atoms with Crippen LogP contribution in [0.3, 0.4) is 0 Å². The maximum atomic E-state index is 6.70. The highest BCUT2D eigenvalue weighted by Crippen LogP contribution is 2.44. The van der Waals surface area contributed by atoms with Gasteiger partial charge in [0.2, 0.25) is 0 Å². The Kier molecular flexibility index (Phi) is 19.1. The molecular formula is C54H60O6S6. The summed E-state index contributed by atoms with van der Waals surface area (Å²) in [4.78, 5) is 0. The summed E-state index contributed by atoms with van der Waals surface area (Å²) in [6.07, 6.45) is 5.30. The minimum Gasteiger partial charge on any atom is -0.491 e. The highest BCUT2D eigenvalue weighted by atomic mass is 32.1. The van der Waals surface area contributed by atoms with Gasteiger partial charge in [-0.05, 0) is 111 Å². The summed E-state index contributed by atoms with van der Waals surface area (Å²) < 4.78 is 52.4. The van der Waals surface area contributed by atoms with Gasteiger partial charge in [-0.3, -0.25) is 0 Å². The molecule has 0 aliphatic rings. The number of benzene rings is 6. The van der Waals surface area contributed by atoms with Crippen LogP contribution in [0.25, 0.3) is 56.4 Å². The second kappa shape index (κ2) is 25.5. The fourth-order valence-electron chi connectivity index (χ4n) is 6.73. The van der Waals surface area contributed by atoms with E-state index in [9.17, 15) is 0 Å². The van der Waals surface area contributed by atoms with Crippen molar-refractivity contribution < 1.29 is 28.4 Å². The molecule has 0 atom stereocenters. The molecule has 0 aliphatic carbocycles. The van der Waals surface area contributed by atoms with Crippen LogP contribution in [0.15, 0.2) is 109 Å². The zero-order valence-electron chi connectivity index (χ0n) is 38.8. The van der Waals surface area contributed by atoms with Gasteiger partial charge in [0.15, 0.2) is 34.5 Å². The standard InChI is InChI=1S/C54H60O6S6/c1-7-31-55-49-37-19-13-20-38(49)62-40-22-15-24-42(51(40)57-33-9-3)64-44-26-17-28-46(53(44)59-35-11-5)66-48-30-18-29-47(54(48)60-36-12-6)65-45-27-16-25-43(52(45)58-34-10-4)63-41-23-14-21-39(61-37)50(41)56-32-8-2/h13-30H,7-12,31-36H2,1-6H3. The maximum Gasteiger partial charge on any atom is 0.153 e.